The van der Waals surface area contributed by atoms with Crippen LogP contribution in [-0.4, -0.2) is 67.8 Å². The summed E-state index contributed by atoms with van der Waals surface area (Å²) in [5.74, 6) is -3.02. The molecular formula is C25H38N4O7S3. The standard InChI is InChI=1S/C25H38N4O7S3/c1-7-18-23(31)29-21(14(2)3)16(6)36-17-10-8-9-11-38(34)37-39(35)13-19(24(32)26-18)27-25(33)22(15(4)5)28-20(30)12-17/h7-8,10,14-15,17,19,21-22H,6,9,11-13H2,1-5H3,(H,26,32)(H,27,33)(H,28,30)(H,29,31)/b10-8+,18-7-/t17-,19-,21+,22-,38?,39?/m1/s1. The molecule has 0 spiro atoms. The van der Waals surface area contributed by atoms with Gasteiger partial charge in [-0.2, -0.15) is 0 Å². The third-order valence-electron chi connectivity index (χ3n) is 5.94. The summed E-state index contributed by atoms with van der Waals surface area (Å²) >= 11 is 0. The molecule has 39 heavy (non-hydrogen) atoms. The number of hydrogen-bond acceptors (Lipinski definition) is 8. The smallest absolute Gasteiger partial charge is 0.268 e. The molecule has 0 aromatic heterocycles. The zero-order chi connectivity index (χ0) is 29.3. The van der Waals surface area contributed by atoms with Crippen LogP contribution in [0.2, 0.25) is 0 Å². The molecule has 2 aliphatic heterocycles. The maximum Gasteiger partial charge on any atom is 0.268 e. The molecule has 6 atom stereocenters. The molecule has 2 unspecified atom stereocenters. The lowest BCUT2D eigenvalue weighted by Crippen LogP contribution is -2.57. The fourth-order valence-electron chi connectivity index (χ4n) is 3.82. The average molecular weight is 603 g/mol. The van der Waals surface area contributed by atoms with Gasteiger partial charge in [0.2, 0.25) is 17.7 Å². The van der Waals surface area contributed by atoms with Crippen LogP contribution in [0.4, 0.5) is 0 Å². The lowest BCUT2D eigenvalue weighted by molar-refractivity contribution is -0.133. The molecule has 0 aliphatic carbocycles. The van der Waals surface area contributed by atoms with Crippen LogP contribution in [0.25, 0.3) is 0 Å². The topological polar surface area (TPSA) is 160 Å². The predicted molar refractivity (Wildman–Crippen MR) is 153 cm³/mol. The van der Waals surface area contributed by atoms with Crippen LogP contribution in [0.3, 0.4) is 0 Å². The first kappa shape index (κ1) is 32.8. The molecule has 14 heteroatoms. The van der Waals surface area contributed by atoms with E-state index in [1.807, 2.05) is 13.8 Å². The summed E-state index contributed by atoms with van der Waals surface area (Å²) in [6.45, 7) is 12.7. The number of rotatable bonds is 2. The second kappa shape index (κ2) is 15.4. The number of hydrogen-bond donors (Lipinski definition) is 4. The monoisotopic (exact) mass is 602 g/mol. The third kappa shape index (κ3) is 10.2. The predicted octanol–water partition coefficient (Wildman–Crippen LogP) is 1.10. The summed E-state index contributed by atoms with van der Waals surface area (Å²) in [5, 5.41) is 10.6. The quantitative estimate of drug-likeness (QED) is 0.208. The molecule has 2 bridgehead atoms. The molecule has 11 nitrogen and oxygen atoms in total. The van der Waals surface area contributed by atoms with Crippen LogP contribution >= 0.6 is 9.83 Å². The van der Waals surface area contributed by atoms with E-state index in [-0.39, 0.29) is 41.2 Å². The Hall–Kier alpha value is -2.45. The molecule has 2 aliphatic rings. The number of nitrogens with one attached hydrogen (secondary N) is 4. The molecular weight excluding hydrogens is 564 g/mol. The molecule has 0 radical (unpaired) electrons. The highest BCUT2D eigenvalue weighted by Gasteiger charge is 2.33. The minimum absolute atomic E-state index is 0.0851. The van der Waals surface area contributed by atoms with Gasteiger partial charge in [0.1, 0.15) is 29.6 Å². The summed E-state index contributed by atoms with van der Waals surface area (Å²) in [6, 6.07) is -3.01. The Kier molecular flexibility index (Phi) is 12.9. The summed E-state index contributed by atoms with van der Waals surface area (Å²) in [5.41, 5.74) is -0.0851. The van der Waals surface area contributed by atoms with Crippen molar-refractivity contribution in [2.45, 2.75) is 71.7 Å². The van der Waals surface area contributed by atoms with Crippen molar-refractivity contribution in [1.82, 2.24) is 21.3 Å². The van der Waals surface area contributed by atoms with E-state index < -0.39 is 67.5 Å². The van der Waals surface area contributed by atoms with Crippen LogP contribution in [0.1, 0.15) is 47.5 Å². The van der Waals surface area contributed by atoms with Gasteiger partial charge in [-0.15, -0.1) is 0 Å². The van der Waals surface area contributed by atoms with E-state index in [2.05, 4.69) is 27.8 Å². The van der Waals surface area contributed by atoms with Crippen molar-refractivity contribution in [1.29, 1.82) is 0 Å². The third-order valence-corrected chi connectivity index (χ3v) is 12.0. The van der Waals surface area contributed by atoms with E-state index in [1.165, 1.54) is 6.08 Å². The maximum absolute atomic E-state index is 13.3. The van der Waals surface area contributed by atoms with Crippen molar-refractivity contribution in [3.63, 3.8) is 0 Å². The number of ether oxygens (including phenoxy) is 1. The lowest BCUT2D eigenvalue weighted by Gasteiger charge is -2.29. The van der Waals surface area contributed by atoms with E-state index in [0.29, 0.717) is 16.2 Å². The average Bonchev–Trinajstić information content (AvgIpc) is 2.84. The molecule has 1 saturated heterocycles. The lowest BCUT2D eigenvalue weighted by atomic mass is 10.0. The number of amides is 4. The van der Waals surface area contributed by atoms with Crippen LogP contribution in [0, 0.1) is 11.8 Å². The van der Waals surface area contributed by atoms with Gasteiger partial charge in [0.25, 0.3) is 5.91 Å². The first-order valence-electron chi connectivity index (χ1n) is 12.7. The Morgan fingerprint density at radius 2 is 1.67 bits per heavy atom. The zero-order valence-corrected chi connectivity index (χ0v) is 25.3. The van der Waals surface area contributed by atoms with Gasteiger partial charge in [-0.05, 0) is 31.3 Å². The van der Waals surface area contributed by atoms with Crippen molar-refractivity contribution in [2.24, 2.45) is 11.8 Å². The van der Waals surface area contributed by atoms with Gasteiger partial charge in [-0.3, -0.25) is 19.2 Å². The first-order valence-corrected chi connectivity index (χ1v) is 17.2. The first-order chi connectivity index (χ1) is 18.3. The van der Waals surface area contributed by atoms with Gasteiger partial charge in [0.15, 0.2) is 0 Å². The van der Waals surface area contributed by atoms with E-state index in [4.69, 9.17) is 4.74 Å². The normalized spacial score (nSPS) is 32.4. The van der Waals surface area contributed by atoms with Crippen LogP contribution in [0.15, 0.2) is 36.3 Å². The molecule has 2 heterocycles. The van der Waals surface area contributed by atoms with Gasteiger partial charge in [-0.1, -0.05) is 46.4 Å². The number of fused-ring (bicyclic) bond motifs is 7. The maximum atomic E-state index is 13.3. The van der Waals surface area contributed by atoms with Gasteiger partial charge in [0.05, 0.1) is 37.9 Å². The highest BCUT2D eigenvalue weighted by molar-refractivity contribution is 9.01. The summed E-state index contributed by atoms with van der Waals surface area (Å²) in [4.78, 5) is 52.7. The fourth-order valence-corrected chi connectivity index (χ4v) is 9.16. The molecule has 0 saturated carbocycles. The van der Waals surface area contributed by atoms with Crippen LogP contribution in [-0.2, 0) is 43.6 Å². The Morgan fingerprint density at radius 3 is 2.28 bits per heavy atom. The molecule has 1 fully saturated rings. The van der Waals surface area contributed by atoms with Crippen LogP contribution in [0.5, 0.6) is 0 Å². The van der Waals surface area contributed by atoms with Gasteiger partial charge >= 0.3 is 0 Å². The Balaban J connectivity index is 2.65. The second-order valence-electron chi connectivity index (χ2n) is 9.83. The van der Waals surface area contributed by atoms with Crippen molar-refractivity contribution < 1.29 is 32.3 Å². The van der Waals surface area contributed by atoms with E-state index >= 15 is 0 Å². The van der Waals surface area contributed by atoms with Gasteiger partial charge < -0.3 is 26.0 Å². The number of carbonyl (C=O) groups is 4. The Morgan fingerprint density at radius 1 is 1.00 bits per heavy atom. The molecule has 218 valence electrons. The highest BCUT2D eigenvalue weighted by Crippen LogP contribution is 2.20. The molecule has 2 rings (SSSR count). The van der Waals surface area contributed by atoms with Crippen molar-refractivity contribution >= 4 is 53.1 Å². The van der Waals surface area contributed by atoms with E-state index in [1.54, 1.807) is 32.9 Å². The number of carbonyl (C=O) groups excluding carboxylic acids is 4. The highest BCUT2D eigenvalue weighted by atomic mass is 33.5. The van der Waals surface area contributed by atoms with Crippen molar-refractivity contribution in [2.75, 3.05) is 11.5 Å². The Bertz CT molecular complexity index is 1070. The van der Waals surface area contributed by atoms with Crippen LogP contribution < -0.4 is 21.3 Å². The largest absolute Gasteiger partial charge is 0.489 e. The molecule has 4 amide bonds. The Labute approximate surface area is 237 Å². The zero-order valence-electron chi connectivity index (χ0n) is 22.8. The minimum Gasteiger partial charge on any atom is -0.489 e. The van der Waals surface area contributed by atoms with E-state index in [9.17, 15) is 27.6 Å². The SMILES string of the molecule is C=C1O[C@@H]2/C=C/CCS(=O)SS(=O)C[C@@H](NC(=O)[C@@H](C(C)C)NC(=O)C2)C(=O)N/C(=C\C)C(=O)N[C@H]1C(C)C. The summed E-state index contributed by atoms with van der Waals surface area (Å²) in [7, 11) is -2.66. The summed E-state index contributed by atoms with van der Waals surface area (Å²) < 4.78 is 31.4. The van der Waals surface area contributed by atoms with Crippen molar-refractivity contribution in [3.8, 4) is 0 Å². The second-order valence-corrected chi connectivity index (χ2v) is 15.8. The number of allylic oxidation sites excluding steroid dienone is 2. The minimum atomic E-state index is -1.81. The molecule has 4 N–H and O–H groups in total. The summed E-state index contributed by atoms with van der Waals surface area (Å²) in [6.07, 6.45) is 4.17. The van der Waals surface area contributed by atoms with Gasteiger partial charge in [0, 0.05) is 15.6 Å². The fraction of sp³-hybridized carbons (Fsp3) is 0.600. The molecule has 0 aromatic rings. The van der Waals surface area contributed by atoms with Gasteiger partial charge in [-0.25, -0.2) is 8.42 Å². The van der Waals surface area contributed by atoms with E-state index in [0.717, 1.165) is 0 Å². The van der Waals surface area contributed by atoms with Crippen molar-refractivity contribution in [3.05, 3.63) is 36.3 Å². The molecule has 0 aromatic carbocycles.